The first kappa shape index (κ1) is 25.9. The van der Waals surface area contributed by atoms with E-state index in [0.29, 0.717) is 28.6 Å². The van der Waals surface area contributed by atoms with Crippen molar-refractivity contribution in [2.45, 2.75) is 26.4 Å². The zero-order valence-electron chi connectivity index (χ0n) is 21.0. The molecular formula is C28H25ClFN3O4S. The van der Waals surface area contributed by atoms with E-state index in [0.717, 1.165) is 27.3 Å². The van der Waals surface area contributed by atoms with Crippen LogP contribution in [0.15, 0.2) is 54.7 Å². The fraction of sp³-hybridized carbons (Fsp3) is 0.214. The first-order valence-corrected chi connectivity index (χ1v) is 14.1. The van der Waals surface area contributed by atoms with Crippen molar-refractivity contribution in [1.29, 1.82) is 0 Å². The van der Waals surface area contributed by atoms with E-state index < -0.39 is 21.7 Å². The van der Waals surface area contributed by atoms with Gasteiger partial charge in [-0.05, 0) is 48.2 Å². The summed E-state index contributed by atoms with van der Waals surface area (Å²) in [7, 11) is -2.31. The Balaban J connectivity index is 1.64. The van der Waals surface area contributed by atoms with Crippen LogP contribution in [0.4, 0.5) is 10.1 Å². The molecule has 0 saturated carbocycles. The van der Waals surface area contributed by atoms with Crippen LogP contribution in [0.25, 0.3) is 10.9 Å². The average molecular weight is 554 g/mol. The van der Waals surface area contributed by atoms with Crippen LogP contribution in [-0.4, -0.2) is 42.6 Å². The monoisotopic (exact) mass is 553 g/mol. The zero-order valence-corrected chi connectivity index (χ0v) is 22.6. The van der Waals surface area contributed by atoms with Crippen molar-refractivity contribution in [2.75, 3.05) is 17.6 Å². The molecule has 0 spiro atoms. The molecule has 196 valence electrons. The first-order chi connectivity index (χ1) is 17.9. The minimum Gasteiger partial charge on any atom is -0.505 e. The largest absolute Gasteiger partial charge is 0.505 e. The first-order valence-electron chi connectivity index (χ1n) is 11.8. The molecular weight excluding hydrogens is 529 g/mol. The summed E-state index contributed by atoms with van der Waals surface area (Å²) in [5, 5.41) is 11.5. The van der Waals surface area contributed by atoms with Gasteiger partial charge < -0.3 is 10.0 Å². The van der Waals surface area contributed by atoms with Crippen LogP contribution in [0.2, 0.25) is 5.02 Å². The number of aryl methyl sites for hydroxylation is 1. The molecule has 1 aliphatic heterocycles. The number of sulfonamides is 1. The van der Waals surface area contributed by atoms with Gasteiger partial charge in [-0.25, -0.2) is 12.8 Å². The Morgan fingerprint density at radius 3 is 2.45 bits per heavy atom. The fourth-order valence-electron chi connectivity index (χ4n) is 4.77. The number of anilines is 1. The number of aromatic nitrogens is 1. The van der Waals surface area contributed by atoms with E-state index >= 15 is 0 Å². The lowest BCUT2D eigenvalue weighted by atomic mass is 9.98. The number of pyridine rings is 1. The smallest absolute Gasteiger partial charge is 0.258 e. The van der Waals surface area contributed by atoms with E-state index in [9.17, 15) is 22.7 Å². The molecule has 5 rings (SSSR count). The lowest BCUT2D eigenvalue weighted by molar-refractivity contribution is 0.0764. The van der Waals surface area contributed by atoms with Gasteiger partial charge in [-0.2, -0.15) is 0 Å². The fourth-order valence-corrected chi connectivity index (χ4v) is 5.52. The van der Waals surface area contributed by atoms with Crippen LogP contribution in [-0.2, 0) is 29.5 Å². The van der Waals surface area contributed by atoms with Crippen molar-refractivity contribution in [3.8, 4) is 5.75 Å². The standard InChI is InChI=1S/C28H25ClFN3O4S/c1-16-4-6-17(7-5-16)10-19-11-20-25(31-13-19)27(34)24-21(26(20)32(2)38(3,36)37)15-33(28(24)35)14-18-8-9-23(30)22(29)12-18/h4-9,11-13,34H,10,14-15H2,1-3H3. The SMILES string of the molecule is Cc1ccc(Cc2cnc3c(O)c4c(c(N(C)S(C)(=O)=O)c3c2)CN(Cc2ccc(F)c(Cl)c2)C4=O)cc1. The second-order valence-corrected chi connectivity index (χ2v) is 12.0. The quantitative estimate of drug-likeness (QED) is 0.355. The second-order valence-electron chi connectivity index (χ2n) is 9.59. The number of aromatic hydroxyl groups is 1. The van der Waals surface area contributed by atoms with Gasteiger partial charge in [0.1, 0.15) is 11.3 Å². The maximum Gasteiger partial charge on any atom is 0.258 e. The predicted molar refractivity (Wildman–Crippen MR) is 146 cm³/mol. The summed E-state index contributed by atoms with van der Waals surface area (Å²) in [4.78, 5) is 19.4. The van der Waals surface area contributed by atoms with Crippen molar-refractivity contribution in [2.24, 2.45) is 0 Å². The highest BCUT2D eigenvalue weighted by Crippen LogP contribution is 2.45. The van der Waals surface area contributed by atoms with Gasteiger partial charge in [0.2, 0.25) is 10.0 Å². The third-order valence-corrected chi connectivity index (χ3v) is 8.26. The van der Waals surface area contributed by atoms with Gasteiger partial charge in [0.05, 0.1) is 22.5 Å². The van der Waals surface area contributed by atoms with Crippen LogP contribution >= 0.6 is 11.6 Å². The Morgan fingerprint density at radius 2 is 1.79 bits per heavy atom. The van der Waals surface area contributed by atoms with E-state index in [1.807, 2.05) is 37.3 Å². The van der Waals surface area contributed by atoms with E-state index in [4.69, 9.17) is 11.6 Å². The van der Waals surface area contributed by atoms with Crippen molar-refractivity contribution >= 4 is 44.1 Å². The molecule has 7 nitrogen and oxygen atoms in total. The number of hydrogen-bond acceptors (Lipinski definition) is 5. The molecule has 0 saturated heterocycles. The summed E-state index contributed by atoms with van der Waals surface area (Å²) in [5.41, 5.74) is 4.44. The number of hydrogen-bond donors (Lipinski definition) is 1. The maximum absolute atomic E-state index is 13.6. The molecule has 0 bridgehead atoms. The molecule has 1 aromatic heterocycles. The summed E-state index contributed by atoms with van der Waals surface area (Å²) < 4.78 is 40.1. The third-order valence-electron chi connectivity index (χ3n) is 6.80. The number of rotatable bonds is 6. The number of amides is 1. The Kier molecular flexibility index (Phi) is 6.53. The van der Waals surface area contributed by atoms with Gasteiger partial charge in [0.15, 0.2) is 5.75 Å². The number of carbonyl (C=O) groups is 1. The highest BCUT2D eigenvalue weighted by molar-refractivity contribution is 7.92. The van der Waals surface area contributed by atoms with Gasteiger partial charge in [0.25, 0.3) is 5.91 Å². The van der Waals surface area contributed by atoms with Crippen molar-refractivity contribution in [3.05, 3.63) is 98.9 Å². The molecule has 3 aromatic carbocycles. The van der Waals surface area contributed by atoms with E-state index in [1.165, 1.54) is 30.1 Å². The molecule has 0 radical (unpaired) electrons. The number of nitrogens with zero attached hydrogens (tertiary/aromatic N) is 3. The van der Waals surface area contributed by atoms with E-state index in [1.54, 1.807) is 6.20 Å². The average Bonchev–Trinajstić information content (AvgIpc) is 3.18. The molecule has 4 aromatic rings. The Bertz CT molecular complexity index is 1710. The number of carbonyl (C=O) groups excluding carboxylic acids is 1. The highest BCUT2D eigenvalue weighted by Gasteiger charge is 2.37. The molecule has 2 heterocycles. The van der Waals surface area contributed by atoms with E-state index in [2.05, 4.69) is 4.98 Å². The Labute approximate surface area is 225 Å². The molecule has 1 amide bonds. The maximum atomic E-state index is 13.6. The van der Waals surface area contributed by atoms with Crippen LogP contribution in [0.3, 0.4) is 0 Å². The predicted octanol–water partition coefficient (Wildman–Crippen LogP) is 5.18. The normalized spacial score (nSPS) is 13.3. The molecule has 1 N–H and O–H groups in total. The minimum absolute atomic E-state index is 0.00925. The summed E-state index contributed by atoms with van der Waals surface area (Å²) in [6.07, 6.45) is 3.26. The second kappa shape index (κ2) is 9.56. The number of fused-ring (bicyclic) bond motifs is 2. The molecule has 0 unspecified atom stereocenters. The molecule has 1 aliphatic rings. The summed E-state index contributed by atoms with van der Waals surface area (Å²) >= 11 is 5.92. The number of halogens is 2. The molecule has 38 heavy (non-hydrogen) atoms. The van der Waals surface area contributed by atoms with Gasteiger partial charge in [-0.3, -0.25) is 14.1 Å². The van der Waals surface area contributed by atoms with E-state index in [-0.39, 0.29) is 34.9 Å². The van der Waals surface area contributed by atoms with Crippen molar-refractivity contribution in [3.63, 3.8) is 0 Å². The van der Waals surface area contributed by atoms with Gasteiger partial charge in [-0.1, -0.05) is 47.5 Å². The Hall–Kier alpha value is -3.69. The van der Waals surface area contributed by atoms with Crippen LogP contribution < -0.4 is 4.31 Å². The summed E-state index contributed by atoms with van der Waals surface area (Å²) in [6.45, 7) is 2.15. The van der Waals surface area contributed by atoms with Gasteiger partial charge in [-0.15, -0.1) is 0 Å². The van der Waals surface area contributed by atoms with Crippen LogP contribution in [0, 0.1) is 12.7 Å². The lowest BCUT2D eigenvalue weighted by Crippen LogP contribution is -2.26. The van der Waals surface area contributed by atoms with Crippen molar-refractivity contribution < 1.29 is 22.7 Å². The Morgan fingerprint density at radius 1 is 1.11 bits per heavy atom. The number of benzene rings is 3. The minimum atomic E-state index is -3.73. The van der Waals surface area contributed by atoms with Gasteiger partial charge in [0, 0.05) is 37.3 Å². The molecule has 10 heteroatoms. The number of phenols is 1. The molecule has 0 fully saturated rings. The van der Waals surface area contributed by atoms with Crippen LogP contribution in [0.1, 0.15) is 38.2 Å². The summed E-state index contributed by atoms with van der Waals surface area (Å²) in [5.74, 6) is -1.35. The summed E-state index contributed by atoms with van der Waals surface area (Å²) in [6, 6.07) is 14.1. The highest BCUT2D eigenvalue weighted by atomic mass is 35.5. The van der Waals surface area contributed by atoms with Crippen molar-refractivity contribution in [1.82, 2.24) is 9.88 Å². The molecule has 0 atom stereocenters. The van der Waals surface area contributed by atoms with Gasteiger partial charge >= 0.3 is 0 Å². The zero-order chi connectivity index (χ0) is 27.4. The lowest BCUT2D eigenvalue weighted by Gasteiger charge is -2.23. The van der Waals surface area contributed by atoms with Crippen LogP contribution in [0.5, 0.6) is 5.75 Å². The topological polar surface area (TPSA) is 90.8 Å². The number of phenolic OH excluding ortho intramolecular Hbond substituents is 1. The third kappa shape index (κ3) is 4.68. The molecule has 0 aliphatic carbocycles.